The Morgan fingerprint density at radius 1 is 0.700 bits per heavy atom. The van der Waals surface area contributed by atoms with E-state index in [1.54, 1.807) is 0 Å². The number of carbonyl (C=O) groups excluding carboxylic acids is 2. The maximum Gasteiger partial charge on any atom is 0.253 e. The van der Waals surface area contributed by atoms with Crippen LogP contribution in [0.4, 0.5) is 0 Å². The third-order valence-corrected chi connectivity index (χ3v) is 7.98. The smallest absolute Gasteiger partial charge is 0.253 e. The number of rotatable bonds is 18. The van der Waals surface area contributed by atoms with E-state index < -0.39 is 0 Å². The predicted molar refractivity (Wildman–Crippen MR) is 168 cm³/mol. The molecule has 2 aromatic heterocycles. The van der Waals surface area contributed by atoms with Crippen molar-refractivity contribution in [3.8, 4) is 0 Å². The zero-order valence-corrected chi connectivity index (χ0v) is 25.7. The molecule has 5 nitrogen and oxygen atoms in total. The second kappa shape index (κ2) is 16.4. The van der Waals surface area contributed by atoms with E-state index >= 15 is 0 Å². The monoisotopic (exact) mass is 545 g/mol. The molecule has 0 fully saturated rings. The molecule has 5 heteroatoms. The SMILES string of the molecule is CCCCc1cc2cc(C(=O)N(CC)CC)ccn2c1C(=O)c1ccc(CCCN(CCCC)CCCC)cc1. The van der Waals surface area contributed by atoms with E-state index in [0.29, 0.717) is 18.7 Å². The molecule has 0 saturated heterocycles. The van der Waals surface area contributed by atoms with Gasteiger partial charge in [-0.05, 0) is 101 Å². The zero-order valence-electron chi connectivity index (χ0n) is 25.7. The number of aromatic nitrogens is 1. The van der Waals surface area contributed by atoms with Crippen LogP contribution >= 0.6 is 0 Å². The normalized spacial score (nSPS) is 11.4. The highest BCUT2D eigenvalue weighted by atomic mass is 16.2. The van der Waals surface area contributed by atoms with E-state index in [-0.39, 0.29) is 11.7 Å². The minimum atomic E-state index is 0.0334. The van der Waals surface area contributed by atoms with E-state index in [2.05, 4.69) is 43.9 Å². The molecule has 1 amide bonds. The van der Waals surface area contributed by atoms with Crippen LogP contribution in [0.2, 0.25) is 0 Å². The fourth-order valence-electron chi connectivity index (χ4n) is 5.44. The van der Waals surface area contributed by atoms with Crippen LogP contribution in [0, 0.1) is 0 Å². The standard InChI is InChI=1S/C35H51N3O2/c1-6-11-16-30-26-32-27-31(35(40)37(9-4)10-5)21-25-38(32)33(30)34(39)29-19-17-28(18-20-29)15-14-24-36(22-12-7-2)23-13-8-3/h17-21,25-27H,6-16,22-24H2,1-5H3. The van der Waals surface area contributed by atoms with Crippen molar-refractivity contribution < 1.29 is 9.59 Å². The van der Waals surface area contributed by atoms with Crippen molar-refractivity contribution in [2.24, 2.45) is 0 Å². The minimum absolute atomic E-state index is 0.0334. The van der Waals surface area contributed by atoms with Crippen LogP contribution in [-0.4, -0.2) is 58.6 Å². The Balaban J connectivity index is 1.77. The minimum Gasteiger partial charge on any atom is -0.339 e. The third-order valence-electron chi connectivity index (χ3n) is 7.98. The summed E-state index contributed by atoms with van der Waals surface area (Å²) in [6, 6.07) is 14.1. The van der Waals surface area contributed by atoms with Crippen molar-refractivity contribution in [2.45, 2.75) is 92.4 Å². The number of unbranched alkanes of at least 4 members (excludes halogenated alkanes) is 3. The molecule has 0 atom stereocenters. The van der Waals surface area contributed by atoms with Gasteiger partial charge in [-0.15, -0.1) is 0 Å². The molecule has 0 saturated carbocycles. The maximum atomic E-state index is 13.8. The lowest BCUT2D eigenvalue weighted by molar-refractivity contribution is 0.0773. The van der Waals surface area contributed by atoms with Crippen molar-refractivity contribution in [1.82, 2.24) is 14.2 Å². The zero-order chi connectivity index (χ0) is 28.9. The fraction of sp³-hybridized carbons (Fsp3) is 0.543. The van der Waals surface area contributed by atoms with Gasteiger partial charge in [0.1, 0.15) is 0 Å². The van der Waals surface area contributed by atoms with Gasteiger partial charge in [0.05, 0.1) is 5.69 Å². The summed E-state index contributed by atoms with van der Waals surface area (Å²) >= 11 is 0. The van der Waals surface area contributed by atoms with Gasteiger partial charge in [0, 0.05) is 35.9 Å². The van der Waals surface area contributed by atoms with Gasteiger partial charge < -0.3 is 14.2 Å². The summed E-state index contributed by atoms with van der Waals surface area (Å²) < 4.78 is 1.97. The lowest BCUT2D eigenvalue weighted by Crippen LogP contribution is -2.30. The first kappa shape index (κ1) is 31.6. The van der Waals surface area contributed by atoms with Crippen LogP contribution < -0.4 is 0 Å². The van der Waals surface area contributed by atoms with Gasteiger partial charge in [0.25, 0.3) is 5.91 Å². The molecule has 40 heavy (non-hydrogen) atoms. The molecule has 0 aliphatic carbocycles. The predicted octanol–water partition coefficient (Wildman–Crippen LogP) is 7.83. The summed E-state index contributed by atoms with van der Waals surface area (Å²) in [5, 5.41) is 0. The number of pyridine rings is 1. The molecule has 0 spiro atoms. The van der Waals surface area contributed by atoms with Crippen molar-refractivity contribution >= 4 is 17.2 Å². The van der Waals surface area contributed by atoms with Crippen molar-refractivity contribution in [1.29, 1.82) is 0 Å². The molecule has 0 N–H and O–H groups in total. The van der Waals surface area contributed by atoms with Crippen LogP contribution in [0.25, 0.3) is 5.52 Å². The number of amides is 1. The van der Waals surface area contributed by atoms with Crippen molar-refractivity contribution in [2.75, 3.05) is 32.7 Å². The topological polar surface area (TPSA) is 45.0 Å². The largest absolute Gasteiger partial charge is 0.339 e. The Bertz CT molecular complexity index is 1200. The second-order valence-electron chi connectivity index (χ2n) is 11.0. The van der Waals surface area contributed by atoms with Gasteiger partial charge in [0.2, 0.25) is 5.78 Å². The fourth-order valence-corrected chi connectivity index (χ4v) is 5.44. The number of nitrogens with zero attached hydrogens (tertiary/aromatic N) is 3. The highest BCUT2D eigenvalue weighted by Crippen LogP contribution is 2.24. The maximum absolute atomic E-state index is 13.8. The van der Waals surface area contributed by atoms with Gasteiger partial charge >= 0.3 is 0 Å². The third kappa shape index (κ3) is 8.30. The molecular weight excluding hydrogens is 494 g/mol. The van der Waals surface area contributed by atoms with E-state index in [0.717, 1.165) is 61.0 Å². The highest BCUT2D eigenvalue weighted by molar-refractivity contribution is 6.10. The quantitative estimate of drug-likeness (QED) is 0.153. The van der Waals surface area contributed by atoms with Crippen molar-refractivity contribution in [3.05, 3.63) is 76.6 Å². The van der Waals surface area contributed by atoms with E-state index in [4.69, 9.17) is 0 Å². The van der Waals surface area contributed by atoms with Crippen LogP contribution in [0.1, 0.15) is 117 Å². The first-order valence-corrected chi connectivity index (χ1v) is 15.8. The molecule has 0 bridgehead atoms. The average Bonchev–Trinajstić information content (AvgIpc) is 3.35. The molecule has 1 aromatic carbocycles. The van der Waals surface area contributed by atoms with Crippen molar-refractivity contribution in [3.63, 3.8) is 0 Å². The van der Waals surface area contributed by atoms with Gasteiger partial charge in [-0.25, -0.2) is 0 Å². The Hall–Kier alpha value is -2.92. The lowest BCUT2D eigenvalue weighted by atomic mass is 10.00. The Labute approximate surface area is 242 Å². The Morgan fingerprint density at radius 3 is 1.93 bits per heavy atom. The molecule has 0 radical (unpaired) electrons. The molecule has 0 unspecified atom stereocenters. The molecule has 3 aromatic rings. The molecule has 3 rings (SSSR count). The summed E-state index contributed by atoms with van der Waals surface area (Å²) in [6.45, 7) is 15.6. The van der Waals surface area contributed by atoms with Crippen LogP contribution in [0.15, 0.2) is 48.7 Å². The summed E-state index contributed by atoms with van der Waals surface area (Å²) in [4.78, 5) is 31.2. The number of hydrogen-bond acceptors (Lipinski definition) is 3. The number of aryl methyl sites for hydroxylation is 2. The Morgan fingerprint density at radius 2 is 1.32 bits per heavy atom. The molecule has 0 aliphatic heterocycles. The van der Waals surface area contributed by atoms with E-state index in [1.165, 1.54) is 44.3 Å². The van der Waals surface area contributed by atoms with Gasteiger partial charge in [-0.2, -0.15) is 0 Å². The number of benzene rings is 1. The Kier molecular flexibility index (Phi) is 12.9. The van der Waals surface area contributed by atoms with Crippen LogP contribution in [-0.2, 0) is 12.8 Å². The number of ketones is 1. The molecule has 218 valence electrons. The van der Waals surface area contributed by atoms with E-state index in [1.807, 2.05) is 53.6 Å². The second-order valence-corrected chi connectivity index (χ2v) is 11.0. The molecular formula is C35H51N3O2. The van der Waals surface area contributed by atoms with E-state index in [9.17, 15) is 9.59 Å². The van der Waals surface area contributed by atoms with Gasteiger partial charge in [-0.3, -0.25) is 9.59 Å². The summed E-state index contributed by atoms with van der Waals surface area (Å²) in [5.41, 5.74) is 5.36. The lowest BCUT2D eigenvalue weighted by Gasteiger charge is -2.21. The molecule has 2 heterocycles. The van der Waals surface area contributed by atoms with Crippen LogP contribution in [0.3, 0.4) is 0 Å². The van der Waals surface area contributed by atoms with Gasteiger partial charge in [0.15, 0.2) is 0 Å². The average molecular weight is 546 g/mol. The summed E-state index contributed by atoms with van der Waals surface area (Å²) in [7, 11) is 0. The molecule has 0 aliphatic rings. The summed E-state index contributed by atoms with van der Waals surface area (Å²) in [6.07, 6.45) is 12.0. The van der Waals surface area contributed by atoms with Gasteiger partial charge in [-0.1, -0.05) is 64.3 Å². The first-order chi connectivity index (χ1) is 19.5. The van der Waals surface area contributed by atoms with Crippen LogP contribution in [0.5, 0.6) is 0 Å². The highest BCUT2D eigenvalue weighted by Gasteiger charge is 2.21. The number of fused-ring (bicyclic) bond motifs is 1. The number of hydrogen-bond donors (Lipinski definition) is 0. The first-order valence-electron chi connectivity index (χ1n) is 15.8. The number of carbonyl (C=O) groups is 2. The summed E-state index contributed by atoms with van der Waals surface area (Å²) in [5.74, 6) is 0.0805.